The number of carbonyl (C=O) groups excluding carboxylic acids is 1. The molecule has 14 heavy (non-hydrogen) atoms. The number of alkyl halides is 1. The summed E-state index contributed by atoms with van der Waals surface area (Å²) >= 11 is 3.30. The molecule has 0 saturated heterocycles. The Kier molecular flexibility index (Phi) is 4.13. The summed E-state index contributed by atoms with van der Waals surface area (Å²) in [4.78, 5) is 11.4. The summed E-state index contributed by atoms with van der Waals surface area (Å²) in [5.41, 5.74) is 1.72. The Bertz CT molecular complexity index is 323. The number of ether oxygens (including phenoxy) is 1. The summed E-state index contributed by atoms with van der Waals surface area (Å²) in [6.45, 7) is 4.13. The van der Waals surface area contributed by atoms with E-state index in [0.717, 1.165) is 17.8 Å². The summed E-state index contributed by atoms with van der Waals surface area (Å²) in [7, 11) is 0. The van der Waals surface area contributed by atoms with E-state index in [0.29, 0.717) is 11.9 Å². The Morgan fingerprint density at radius 3 is 2.86 bits per heavy atom. The molecular weight excluding hydrogens is 248 g/mol. The minimum Gasteiger partial charge on any atom is -0.448 e. The lowest BCUT2D eigenvalue weighted by molar-refractivity contribution is 0.149. The van der Waals surface area contributed by atoms with Crippen LogP contribution < -0.4 is 0 Å². The second-order valence-electron chi connectivity index (χ2n) is 2.72. The molecule has 0 unspecified atom stereocenters. The van der Waals surface area contributed by atoms with Crippen molar-refractivity contribution in [2.45, 2.75) is 25.6 Å². The van der Waals surface area contributed by atoms with E-state index in [2.05, 4.69) is 21.0 Å². The number of rotatable bonds is 3. The van der Waals surface area contributed by atoms with E-state index in [1.165, 1.54) is 4.68 Å². The van der Waals surface area contributed by atoms with E-state index < -0.39 is 6.09 Å². The van der Waals surface area contributed by atoms with Gasteiger partial charge in [-0.3, -0.25) is 0 Å². The van der Waals surface area contributed by atoms with Gasteiger partial charge in [0.15, 0.2) is 0 Å². The normalized spacial score (nSPS) is 10.2. The lowest BCUT2D eigenvalue weighted by atomic mass is 10.3. The highest BCUT2D eigenvalue weighted by Crippen LogP contribution is 2.09. The van der Waals surface area contributed by atoms with E-state index in [1.54, 1.807) is 6.92 Å². The third kappa shape index (κ3) is 2.35. The number of nitrogens with zero attached hydrogens (tertiary/aromatic N) is 2. The van der Waals surface area contributed by atoms with E-state index in [1.807, 2.05) is 13.0 Å². The van der Waals surface area contributed by atoms with Gasteiger partial charge in [-0.05, 0) is 19.4 Å². The molecule has 0 aliphatic rings. The summed E-state index contributed by atoms with van der Waals surface area (Å²) in [6, 6.07) is 1.89. The van der Waals surface area contributed by atoms with Crippen LogP contribution in [0.4, 0.5) is 4.79 Å². The second kappa shape index (κ2) is 5.14. The molecule has 4 nitrogen and oxygen atoms in total. The van der Waals surface area contributed by atoms with Crippen molar-refractivity contribution in [1.82, 2.24) is 9.78 Å². The van der Waals surface area contributed by atoms with Gasteiger partial charge in [-0.1, -0.05) is 22.9 Å². The molecule has 0 aliphatic carbocycles. The summed E-state index contributed by atoms with van der Waals surface area (Å²) in [5, 5.41) is 4.73. The van der Waals surface area contributed by atoms with Gasteiger partial charge < -0.3 is 4.74 Å². The molecule has 1 rings (SSSR count). The van der Waals surface area contributed by atoms with Crippen molar-refractivity contribution in [1.29, 1.82) is 0 Å². The molecule has 0 bridgehead atoms. The van der Waals surface area contributed by atoms with Gasteiger partial charge >= 0.3 is 6.09 Å². The van der Waals surface area contributed by atoms with Gasteiger partial charge in [0, 0.05) is 5.33 Å². The average Bonchev–Trinajstić information content (AvgIpc) is 2.61. The van der Waals surface area contributed by atoms with Crippen LogP contribution in [0.2, 0.25) is 0 Å². The number of carbonyl (C=O) groups is 1. The van der Waals surface area contributed by atoms with Gasteiger partial charge in [-0.25, -0.2) is 4.79 Å². The van der Waals surface area contributed by atoms with Gasteiger partial charge in [0.2, 0.25) is 0 Å². The average molecular weight is 261 g/mol. The number of aromatic nitrogens is 2. The second-order valence-corrected chi connectivity index (χ2v) is 3.29. The Morgan fingerprint density at radius 2 is 2.36 bits per heavy atom. The number of aryl methyl sites for hydroxylation is 1. The summed E-state index contributed by atoms with van der Waals surface area (Å²) in [5.74, 6) is 0. The molecule has 0 radical (unpaired) electrons. The predicted molar refractivity (Wildman–Crippen MR) is 56.7 cm³/mol. The van der Waals surface area contributed by atoms with Crippen molar-refractivity contribution in [2.24, 2.45) is 0 Å². The van der Waals surface area contributed by atoms with Crippen LogP contribution in [0.3, 0.4) is 0 Å². The molecule has 0 fully saturated rings. The zero-order chi connectivity index (χ0) is 10.6. The van der Waals surface area contributed by atoms with Gasteiger partial charge in [-0.15, -0.1) is 0 Å². The summed E-state index contributed by atoms with van der Waals surface area (Å²) in [6.07, 6.45) is 0.397. The zero-order valence-electron chi connectivity index (χ0n) is 8.29. The Labute approximate surface area is 91.4 Å². The molecule has 1 aromatic rings. The van der Waals surface area contributed by atoms with E-state index >= 15 is 0 Å². The maximum absolute atomic E-state index is 11.4. The maximum atomic E-state index is 11.4. The predicted octanol–water partition coefficient (Wildman–Crippen LogP) is 2.35. The van der Waals surface area contributed by atoms with Crippen LogP contribution in [0.15, 0.2) is 6.07 Å². The van der Waals surface area contributed by atoms with Crippen molar-refractivity contribution in [3.05, 3.63) is 17.5 Å². The standard InChI is InChI=1S/C9H13BrN2O2/c1-3-7-5-8(6-10)12(11-7)9(13)14-4-2/h5H,3-4,6H2,1-2H3. The first kappa shape index (κ1) is 11.2. The zero-order valence-corrected chi connectivity index (χ0v) is 9.87. The van der Waals surface area contributed by atoms with Crippen LogP contribution >= 0.6 is 15.9 Å². The van der Waals surface area contributed by atoms with E-state index in [9.17, 15) is 4.79 Å². The monoisotopic (exact) mass is 260 g/mol. The van der Waals surface area contributed by atoms with Crippen molar-refractivity contribution in [3.63, 3.8) is 0 Å². The van der Waals surface area contributed by atoms with Crippen LogP contribution in [0, 0.1) is 0 Å². The van der Waals surface area contributed by atoms with Crippen LogP contribution in [0.5, 0.6) is 0 Å². The lowest BCUT2D eigenvalue weighted by Crippen LogP contribution is -2.17. The minimum atomic E-state index is -0.415. The lowest BCUT2D eigenvalue weighted by Gasteiger charge is -2.02. The van der Waals surface area contributed by atoms with Gasteiger partial charge in [0.05, 0.1) is 18.0 Å². The van der Waals surface area contributed by atoms with E-state index in [4.69, 9.17) is 4.74 Å². The molecule has 0 N–H and O–H groups in total. The van der Waals surface area contributed by atoms with E-state index in [-0.39, 0.29) is 0 Å². The quantitative estimate of drug-likeness (QED) is 0.784. The SMILES string of the molecule is CCOC(=O)n1nc(CC)cc1CBr. The molecule has 1 aromatic heterocycles. The fourth-order valence-electron chi connectivity index (χ4n) is 1.09. The topological polar surface area (TPSA) is 44.1 Å². The van der Waals surface area contributed by atoms with Crippen LogP contribution in [-0.4, -0.2) is 22.5 Å². The maximum Gasteiger partial charge on any atom is 0.434 e. The number of hydrogen-bond donors (Lipinski definition) is 0. The Morgan fingerprint density at radius 1 is 1.64 bits per heavy atom. The molecule has 0 spiro atoms. The summed E-state index contributed by atoms with van der Waals surface area (Å²) < 4.78 is 6.17. The fourth-order valence-corrected chi connectivity index (χ4v) is 1.49. The molecule has 0 atom stereocenters. The molecule has 0 aliphatic heterocycles. The third-order valence-corrected chi connectivity index (χ3v) is 2.35. The molecule has 5 heteroatoms. The molecule has 1 heterocycles. The molecule has 0 amide bonds. The van der Waals surface area contributed by atoms with Crippen molar-refractivity contribution >= 4 is 22.0 Å². The molecule has 78 valence electrons. The largest absolute Gasteiger partial charge is 0.448 e. The highest BCUT2D eigenvalue weighted by atomic mass is 79.9. The smallest absolute Gasteiger partial charge is 0.434 e. The van der Waals surface area contributed by atoms with Crippen molar-refractivity contribution < 1.29 is 9.53 Å². The number of hydrogen-bond acceptors (Lipinski definition) is 3. The van der Waals surface area contributed by atoms with Crippen LogP contribution in [0.25, 0.3) is 0 Å². The Hall–Kier alpha value is -0.840. The highest BCUT2D eigenvalue weighted by molar-refractivity contribution is 9.08. The van der Waals surface area contributed by atoms with Gasteiger partial charge in [0.25, 0.3) is 0 Å². The van der Waals surface area contributed by atoms with Crippen molar-refractivity contribution in [2.75, 3.05) is 6.61 Å². The minimum absolute atomic E-state index is 0.363. The van der Waals surface area contributed by atoms with Crippen LogP contribution in [0.1, 0.15) is 25.2 Å². The Balaban J connectivity index is 2.93. The molecular formula is C9H13BrN2O2. The van der Waals surface area contributed by atoms with Crippen LogP contribution in [-0.2, 0) is 16.5 Å². The van der Waals surface area contributed by atoms with Crippen molar-refractivity contribution in [3.8, 4) is 0 Å². The number of halogens is 1. The highest BCUT2D eigenvalue weighted by Gasteiger charge is 2.13. The molecule has 0 aromatic carbocycles. The first-order valence-electron chi connectivity index (χ1n) is 4.53. The third-order valence-electron chi connectivity index (χ3n) is 1.77. The van der Waals surface area contributed by atoms with Gasteiger partial charge in [0.1, 0.15) is 0 Å². The van der Waals surface area contributed by atoms with Gasteiger partial charge in [-0.2, -0.15) is 9.78 Å². The molecule has 0 saturated carbocycles. The fraction of sp³-hybridized carbons (Fsp3) is 0.556. The first-order valence-corrected chi connectivity index (χ1v) is 5.66. The first-order chi connectivity index (χ1) is 6.72.